The lowest BCUT2D eigenvalue weighted by Crippen LogP contribution is -2.56. The van der Waals surface area contributed by atoms with Crippen LogP contribution in [0.15, 0.2) is 63.6 Å². The molecule has 1 aromatic carbocycles. The lowest BCUT2D eigenvalue weighted by atomic mass is 9.93. The molecule has 0 saturated carbocycles. The van der Waals surface area contributed by atoms with Crippen molar-refractivity contribution in [3.05, 3.63) is 83.2 Å². The Kier molecular flexibility index (Phi) is 7.12. The fourth-order valence-electron chi connectivity index (χ4n) is 4.03. The van der Waals surface area contributed by atoms with Crippen molar-refractivity contribution in [1.29, 1.82) is 0 Å². The highest BCUT2D eigenvalue weighted by atomic mass is 16.4. The average Bonchev–Trinajstić information content (AvgIpc) is 3.57. The van der Waals surface area contributed by atoms with Crippen LogP contribution in [-0.4, -0.2) is 46.7 Å². The lowest BCUT2D eigenvalue weighted by Gasteiger charge is -2.35. The molecular formula is C25H28N4O5. The van der Waals surface area contributed by atoms with Crippen molar-refractivity contribution >= 4 is 17.7 Å². The maximum Gasteiger partial charge on any atom is 0.305 e. The van der Waals surface area contributed by atoms with Crippen LogP contribution < -0.4 is 10.9 Å². The van der Waals surface area contributed by atoms with Gasteiger partial charge in [-0.15, -0.1) is 0 Å². The summed E-state index contributed by atoms with van der Waals surface area (Å²) in [6, 6.07) is 13.3. The zero-order valence-electron chi connectivity index (χ0n) is 19.2. The number of hydrogen-bond acceptors (Lipinski definition) is 6. The standard InChI is InChI=1S/C25H28N4O5/c1-3-28(4-2)16-19-11-12-21(34-19)24(31)27-26-23(30)20-14-17-8-5-6-9-18(17)15-29(20)25(32)22-10-7-13-33-22/h5-13,20H,3-4,14-16H2,1-2H3,(H,26,30)(H,27,31)/t20-/m0/s1. The first kappa shape index (κ1) is 23.3. The van der Waals surface area contributed by atoms with Gasteiger partial charge in [0.15, 0.2) is 11.5 Å². The molecule has 34 heavy (non-hydrogen) atoms. The van der Waals surface area contributed by atoms with Gasteiger partial charge in [0.25, 0.3) is 11.8 Å². The summed E-state index contributed by atoms with van der Waals surface area (Å²) in [6.07, 6.45) is 1.73. The first-order chi connectivity index (χ1) is 16.5. The molecule has 178 valence electrons. The molecule has 4 rings (SSSR count). The summed E-state index contributed by atoms with van der Waals surface area (Å²) in [5.41, 5.74) is 6.79. The highest BCUT2D eigenvalue weighted by Crippen LogP contribution is 2.25. The van der Waals surface area contributed by atoms with Crippen molar-refractivity contribution in [2.24, 2.45) is 0 Å². The van der Waals surface area contributed by atoms with Crippen molar-refractivity contribution in [1.82, 2.24) is 20.7 Å². The third-order valence-corrected chi connectivity index (χ3v) is 6.00. The van der Waals surface area contributed by atoms with Gasteiger partial charge in [-0.1, -0.05) is 38.1 Å². The number of nitrogens with one attached hydrogen (secondary N) is 2. The first-order valence-corrected chi connectivity index (χ1v) is 11.3. The molecule has 3 heterocycles. The molecule has 0 saturated heterocycles. The topological polar surface area (TPSA) is 108 Å². The summed E-state index contributed by atoms with van der Waals surface area (Å²) in [6.45, 7) is 6.70. The molecule has 0 aliphatic carbocycles. The van der Waals surface area contributed by atoms with Gasteiger partial charge in [-0.3, -0.25) is 30.1 Å². The van der Waals surface area contributed by atoms with E-state index >= 15 is 0 Å². The Morgan fingerprint density at radius 1 is 0.971 bits per heavy atom. The first-order valence-electron chi connectivity index (χ1n) is 11.3. The highest BCUT2D eigenvalue weighted by Gasteiger charge is 2.36. The van der Waals surface area contributed by atoms with Crippen LogP contribution in [0.25, 0.3) is 0 Å². The maximum atomic E-state index is 13.1. The molecule has 3 aromatic rings. The van der Waals surface area contributed by atoms with E-state index in [0.717, 1.165) is 24.2 Å². The zero-order valence-corrected chi connectivity index (χ0v) is 19.2. The lowest BCUT2D eigenvalue weighted by molar-refractivity contribution is -0.127. The van der Waals surface area contributed by atoms with Gasteiger partial charge >= 0.3 is 5.91 Å². The second-order valence-electron chi connectivity index (χ2n) is 8.07. The van der Waals surface area contributed by atoms with E-state index in [0.29, 0.717) is 18.7 Å². The van der Waals surface area contributed by atoms with Crippen LogP contribution in [0.3, 0.4) is 0 Å². The van der Waals surface area contributed by atoms with Crippen LogP contribution in [-0.2, 0) is 24.3 Å². The Labute approximate surface area is 197 Å². The Morgan fingerprint density at radius 2 is 1.74 bits per heavy atom. The second kappa shape index (κ2) is 10.4. The van der Waals surface area contributed by atoms with E-state index in [1.165, 1.54) is 11.2 Å². The van der Waals surface area contributed by atoms with Crippen molar-refractivity contribution in [3.8, 4) is 0 Å². The third kappa shape index (κ3) is 5.04. The molecule has 2 N–H and O–H groups in total. The number of carbonyl (C=O) groups excluding carboxylic acids is 3. The number of fused-ring (bicyclic) bond motifs is 1. The number of hydrazine groups is 1. The summed E-state index contributed by atoms with van der Waals surface area (Å²) >= 11 is 0. The molecule has 1 atom stereocenters. The monoisotopic (exact) mass is 464 g/mol. The summed E-state index contributed by atoms with van der Waals surface area (Å²) in [5, 5.41) is 0. The van der Waals surface area contributed by atoms with Gasteiger partial charge in [0.05, 0.1) is 12.8 Å². The van der Waals surface area contributed by atoms with E-state index in [-0.39, 0.29) is 18.1 Å². The van der Waals surface area contributed by atoms with E-state index in [1.807, 2.05) is 24.3 Å². The molecule has 0 unspecified atom stereocenters. The van der Waals surface area contributed by atoms with Crippen molar-refractivity contribution in [3.63, 3.8) is 0 Å². The van der Waals surface area contributed by atoms with E-state index in [9.17, 15) is 14.4 Å². The summed E-state index contributed by atoms with van der Waals surface area (Å²) in [7, 11) is 0. The Hall–Kier alpha value is -3.85. The molecule has 9 nitrogen and oxygen atoms in total. The van der Waals surface area contributed by atoms with Gasteiger partial charge in [-0.25, -0.2) is 0 Å². The smallest absolute Gasteiger partial charge is 0.305 e. The van der Waals surface area contributed by atoms with Crippen molar-refractivity contribution in [2.45, 2.75) is 39.4 Å². The fourth-order valence-corrected chi connectivity index (χ4v) is 4.03. The van der Waals surface area contributed by atoms with Crippen LogP contribution in [0.5, 0.6) is 0 Å². The SMILES string of the molecule is CCN(CC)Cc1ccc(C(=O)NNC(=O)[C@@H]2Cc3ccccc3CN2C(=O)c2ccco2)o1. The summed E-state index contributed by atoms with van der Waals surface area (Å²) in [4.78, 5) is 42.3. The Bertz CT molecular complexity index is 1150. The molecule has 0 radical (unpaired) electrons. The van der Waals surface area contributed by atoms with Gasteiger partial charge < -0.3 is 13.7 Å². The van der Waals surface area contributed by atoms with E-state index in [4.69, 9.17) is 8.83 Å². The van der Waals surface area contributed by atoms with Crippen LogP contribution in [0.2, 0.25) is 0 Å². The quantitative estimate of drug-likeness (QED) is 0.521. The van der Waals surface area contributed by atoms with Crippen LogP contribution in [0, 0.1) is 0 Å². The van der Waals surface area contributed by atoms with E-state index < -0.39 is 23.8 Å². The number of benzene rings is 1. The zero-order chi connectivity index (χ0) is 24.1. The molecule has 2 aromatic heterocycles. The number of hydrogen-bond donors (Lipinski definition) is 2. The molecule has 1 aliphatic heterocycles. The van der Waals surface area contributed by atoms with Crippen LogP contribution >= 0.6 is 0 Å². The average molecular weight is 465 g/mol. The number of carbonyl (C=O) groups is 3. The summed E-state index contributed by atoms with van der Waals surface area (Å²) < 4.78 is 10.9. The Morgan fingerprint density at radius 3 is 2.44 bits per heavy atom. The molecule has 9 heteroatoms. The molecular weight excluding hydrogens is 436 g/mol. The molecule has 0 bridgehead atoms. The molecule has 0 fully saturated rings. The Balaban J connectivity index is 1.44. The van der Waals surface area contributed by atoms with E-state index in [2.05, 4.69) is 29.6 Å². The van der Waals surface area contributed by atoms with E-state index in [1.54, 1.807) is 24.3 Å². The predicted molar refractivity (Wildman–Crippen MR) is 123 cm³/mol. The minimum absolute atomic E-state index is 0.0972. The number of amides is 3. The maximum absolute atomic E-state index is 13.1. The van der Waals surface area contributed by atoms with Gasteiger partial charge in [0.2, 0.25) is 0 Å². The van der Waals surface area contributed by atoms with Crippen molar-refractivity contribution in [2.75, 3.05) is 13.1 Å². The minimum Gasteiger partial charge on any atom is -0.459 e. The van der Waals surface area contributed by atoms with Crippen molar-refractivity contribution < 1.29 is 23.2 Å². The highest BCUT2D eigenvalue weighted by molar-refractivity contribution is 5.97. The molecule has 0 spiro atoms. The van der Waals surface area contributed by atoms with Gasteiger partial charge in [0.1, 0.15) is 11.8 Å². The molecule has 3 amide bonds. The second-order valence-corrected chi connectivity index (χ2v) is 8.07. The van der Waals surface area contributed by atoms with Gasteiger partial charge in [-0.2, -0.15) is 0 Å². The normalized spacial score (nSPS) is 15.1. The van der Waals surface area contributed by atoms with Gasteiger partial charge in [0, 0.05) is 13.0 Å². The third-order valence-electron chi connectivity index (χ3n) is 6.00. The molecule has 1 aliphatic rings. The predicted octanol–water partition coefficient (Wildman–Crippen LogP) is 2.74. The minimum atomic E-state index is -0.817. The number of nitrogens with zero attached hydrogens (tertiary/aromatic N) is 2. The van der Waals surface area contributed by atoms with Gasteiger partial charge in [-0.05, 0) is 48.5 Å². The number of furan rings is 2. The fraction of sp³-hybridized carbons (Fsp3) is 0.320. The summed E-state index contributed by atoms with van der Waals surface area (Å²) in [5.74, 6) is -0.549. The number of rotatable bonds is 7. The van der Waals surface area contributed by atoms with Crippen LogP contribution in [0.4, 0.5) is 0 Å². The largest absolute Gasteiger partial charge is 0.459 e. The van der Waals surface area contributed by atoms with Crippen LogP contribution in [0.1, 0.15) is 51.8 Å².